The Kier molecular flexibility index (Phi) is 8.08. The zero-order valence-corrected chi connectivity index (χ0v) is 11.8. The monoisotopic (exact) mass is 248 g/mol. The molecule has 0 amide bonds. The van der Waals surface area contributed by atoms with E-state index in [0.717, 1.165) is 18.4 Å². The highest BCUT2D eigenvalue weighted by molar-refractivity contribution is 6.19. The summed E-state index contributed by atoms with van der Waals surface area (Å²) in [6.45, 7) is 9.79. The topological polar surface area (TPSA) is 18.5 Å². The predicted octanol–water partition coefficient (Wildman–Crippen LogP) is 3.50. The third-order valence-electron chi connectivity index (χ3n) is 2.56. The molecule has 3 heteroatoms. The van der Waals surface area contributed by atoms with Gasteiger partial charge in [0, 0.05) is 25.5 Å². The van der Waals surface area contributed by atoms with Crippen molar-refractivity contribution in [2.24, 2.45) is 11.3 Å². The van der Waals surface area contributed by atoms with Crippen LogP contribution in [0.1, 0.15) is 26.7 Å². The van der Waals surface area contributed by atoms with Crippen LogP contribution in [-0.2, 0) is 9.47 Å². The number of alkyl halides is 1. The van der Waals surface area contributed by atoms with Gasteiger partial charge >= 0.3 is 0 Å². The first-order chi connectivity index (χ1) is 7.49. The van der Waals surface area contributed by atoms with E-state index in [2.05, 4.69) is 20.4 Å². The van der Waals surface area contributed by atoms with Crippen LogP contribution in [-0.4, -0.2) is 33.3 Å². The minimum atomic E-state index is 0.0175. The van der Waals surface area contributed by atoms with Crippen molar-refractivity contribution < 1.29 is 9.47 Å². The Morgan fingerprint density at radius 3 is 2.06 bits per heavy atom. The summed E-state index contributed by atoms with van der Waals surface area (Å²) in [5.41, 5.74) is 1.07. The Hall–Kier alpha value is -0.0500. The van der Waals surface area contributed by atoms with Crippen LogP contribution in [0, 0.1) is 11.3 Å². The highest BCUT2D eigenvalue weighted by atomic mass is 35.5. The van der Waals surface area contributed by atoms with Gasteiger partial charge in [0.15, 0.2) is 0 Å². The smallest absolute Gasteiger partial charge is 0.0543 e. The first-order valence-electron chi connectivity index (χ1n) is 5.70. The van der Waals surface area contributed by atoms with Crippen LogP contribution >= 0.6 is 11.6 Å². The SMILES string of the molecule is C=C(CCl)CC(COC)(COC)CC(C)C. The van der Waals surface area contributed by atoms with E-state index in [4.69, 9.17) is 21.1 Å². The van der Waals surface area contributed by atoms with Gasteiger partial charge in [-0.25, -0.2) is 0 Å². The zero-order valence-electron chi connectivity index (χ0n) is 11.0. The fourth-order valence-corrected chi connectivity index (χ4v) is 2.48. The molecular weight excluding hydrogens is 224 g/mol. The number of ether oxygens (including phenoxy) is 2. The first kappa shape index (κ1) is 16.0. The Balaban J connectivity index is 4.69. The van der Waals surface area contributed by atoms with Crippen molar-refractivity contribution in [3.05, 3.63) is 12.2 Å². The van der Waals surface area contributed by atoms with Gasteiger partial charge in [0.1, 0.15) is 0 Å². The number of rotatable bonds is 9. The molecule has 0 heterocycles. The molecule has 0 aliphatic carbocycles. The third kappa shape index (κ3) is 5.88. The summed E-state index contributed by atoms with van der Waals surface area (Å²) in [6, 6.07) is 0. The van der Waals surface area contributed by atoms with Gasteiger partial charge in [0.25, 0.3) is 0 Å². The van der Waals surface area contributed by atoms with Crippen LogP contribution in [0.5, 0.6) is 0 Å². The second kappa shape index (κ2) is 8.10. The minimum Gasteiger partial charge on any atom is -0.384 e. The molecule has 0 fully saturated rings. The van der Waals surface area contributed by atoms with Crippen molar-refractivity contribution in [3.8, 4) is 0 Å². The predicted molar refractivity (Wildman–Crippen MR) is 70.1 cm³/mol. The minimum absolute atomic E-state index is 0.0175. The maximum Gasteiger partial charge on any atom is 0.0543 e. The normalized spacial score (nSPS) is 12.1. The maximum atomic E-state index is 5.81. The highest BCUT2D eigenvalue weighted by Gasteiger charge is 2.31. The van der Waals surface area contributed by atoms with Gasteiger partial charge < -0.3 is 9.47 Å². The number of halogens is 1. The zero-order chi connectivity index (χ0) is 12.6. The summed E-state index contributed by atoms with van der Waals surface area (Å²) in [5, 5.41) is 0. The summed E-state index contributed by atoms with van der Waals surface area (Å²) >= 11 is 5.81. The largest absolute Gasteiger partial charge is 0.384 e. The molecule has 0 radical (unpaired) electrons. The molecule has 16 heavy (non-hydrogen) atoms. The Morgan fingerprint density at radius 2 is 1.75 bits per heavy atom. The van der Waals surface area contributed by atoms with Crippen molar-refractivity contribution in [1.29, 1.82) is 0 Å². The van der Waals surface area contributed by atoms with Crippen LogP contribution < -0.4 is 0 Å². The molecule has 0 atom stereocenters. The van der Waals surface area contributed by atoms with Crippen molar-refractivity contribution in [3.63, 3.8) is 0 Å². The van der Waals surface area contributed by atoms with E-state index in [1.54, 1.807) is 14.2 Å². The highest BCUT2D eigenvalue weighted by Crippen LogP contribution is 2.34. The summed E-state index contributed by atoms with van der Waals surface area (Å²) < 4.78 is 10.7. The second-order valence-electron chi connectivity index (χ2n) is 5.02. The van der Waals surface area contributed by atoms with E-state index in [9.17, 15) is 0 Å². The molecule has 0 rings (SSSR count). The van der Waals surface area contributed by atoms with Crippen molar-refractivity contribution in [2.45, 2.75) is 26.7 Å². The quantitative estimate of drug-likeness (QED) is 0.459. The first-order valence-corrected chi connectivity index (χ1v) is 6.23. The molecule has 0 saturated heterocycles. The Morgan fingerprint density at radius 1 is 1.25 bits per heavy atom. The Labute approximate surface area is 105 Å². The van der Waals surface area contributed by atoms with Crippen molar-refractivity contribution >= 4 is 11.6 Å². The summed E-state index contributed by atoms with van der Waals surface area (Å²) in [7, 11) is 3.46. The molecule has 96 valence electrons. The van der Waals surface area contributed by atoms with Gasteiger partial charge in [-0.3, -0.25) is 0 Å². The average Bonchev–Trinajstić information content (AvgIpc) is 2.17. The van der Waals surface area contributed by atoms with Crippen LogP contribution in [0.15, 0.2) is 12.2 Å². The molecule has 0 aromatic rings. The molecule has 0 aliphatic rings. The van der Waals surface area contributed by atoms with Gasteiger partial charge in [-0.05, 0) is 18.8 Å². The van der Waals surface area contributed by atoms with Crippen molar-refractivity contribution in [2.75, 3.05) is 33.3 Å². The van der Waals surface area contributed by atoms with E-state index in [1.165, 1.54) is 0 Å². The summed E-state index contributed by atoms with van der Waals surface area (Å²) in [4.78, 5) is 0. The summed E-state index contributed by atoms with van der Waals surface area (Å²) in [5.74, 6) is 1.11. The lowest BCUT2D eigenvalue weighted by Gasteiger charge is -2.34. The van der Waals surface area contributed by atoms with E-state index in [0.29, 0.717) is 25.0 Å². The number of hydrogen-bond acceptors (Lipinski definition) is 2. The molecule has 0 bridgehead atoms. The molecule has 0 saturated carbocycles. The van der Waals surface area contributed by atoms with E-state index >= 15 is 0 Å². The molecule has 0 aromatic heterocycles. The van der Waals surface area contributed by atoms with Gasteiger partial charge in [-0.15, -0.1) is 11.6 Å². The van der Waals surface area contributed by atoms with Gasteiger partial charge in [0.05, 0.1) is 13.2 Å². The fourth-order valence-electron chi connectivity index (χ4n) is 2.39. The molecule has 0 aliphatic heterocycles. The molecule has 2 nitrogen and oxygen atoms in total. The van der Waals surface area contributed by atoms with Crippen LogP contribution in [0.25, 0.3) is 0 Å². The molecule has 0 aromatic carbocycles. The van der Waals surface area contributed by atoms with Crippen LogP contribution in [0.2, 0.25) is 0 Å². The van der Waals surface area contributed by atoms with Crippen molar-refractivity contribution in [1.82, 2.24) is 0 Å². The van der Waals surface area contributed by atoms with Gasteiger partial charge in [-0.1, -0.05) is 26.0 Å². The summed E-state index contributed by atoms with van der Waals surface area (Å²) in [6.07, 6.45) is 1.93. The van der Waals surface area contributed by atoms with E-state index < -0.39 is 0 Å². The lowest BCUT2D eigenvalue weighted by molar-refractivity contribution is -0.00293. The average molecular weight is 249 g/mol. The molecule has 0 spiro atoms. The number of hydrogen-bond donors (Lipinski definition) is 0. The van der Waals surface area contributed by atoms with E-state index in [-0.39, 0.29) is 5.41 Å². The van der Waals surface area contributed by atoms with E-state index in [1.807, 2.05) is 0 Å². The lowest BCUT2D eigenvalue weighted by Crippen LogP contribution is -2.34. The molecule has 0 unspecified atom stereocenters. The Bertz CT molecular complexity index is 196. The molecule has 0 N–H and O–H groups in total. The third-order valence-corrected chi connectivity index (χ3v) is 2.93. The van der Waals surface area contributed by atoms with Gasteiger partial charge in [-0.2, -0.15) is 0 Å². The lowest BCUT2D eigenvalue weighted by atomic mass is 9.77. The second-order valence-corrected chi connectivity index (χ2v) is 5.29. The standard InChI is InChI=1S/C13H25ClO2/c1-11(2)6-13(9-15-4,10-16-5)7-12(3)8-14/h11H,3,6-10H2,1-2,4-5H3. The number of allylic oxidation sites excluding steroid dienone is 1. The van der Waals surface area contributed by atoms with Crippen LogP contribution in [0.3, 0.4) is 0 Å². The molecular formula is C13H25ClO2. The van der Waals surface area contributed by atoms with Crippen LogP contribution in [0.4, 0.5) is 0 Å². The van der Waals surface area contributed by atoms with Gasteiger partial charge in [0.2, 0.25) is 0 Å². The fraction of sp³-hybridized carbons (Fsp3) is 0.846. The maximum absolute atomic E-state index is 5.81. The number of methoxy groups -OCH3 is 2.